The SMILES string of the molecule is CCNC(=NCc1cc(F)ccc1CS(C)(=O)=O)NCc1ccc(C#N)cc1F. The predicted octanol–water partition coefficient (Wildman–Crippen LogP) is 2.64. The van der Waals surface area contributed by atoms with Crippen molar-refractivity contribution in [2.75, 3.05) is 12.8 Å². The van der Waals surface area contributed by atoms with Crippen LogP contribution in [0.3, 0.4) is 0 Å². The first-order chi connectivity index (χ1) is 13.7. The molecular formula is C20H22F2N4O2S. The Morgan fingerprint density at radius 2 is 1.83 bits per heavy atom. The van der Waals surface area contributed by atoms with E-state index in [4.69, 9.17) is 5.26 Å². The highest BCUT2D eigenvalue weighted by Gasteiger charge is 2.11. The number of hydrogen-bond acceptors (Lipinski definition) is 4. The number of nitrogens with one attached hydrogen (secondary N) is 2. The van der Waals surface area contributed by atoms with Crippen molar-refractivity contribution >= 4 is 15.8 Å². The van der Waals surface area contributed by atoms with Crippen LogP contribution in [0.4, 0.5) is 8.78 Å². The van der Waals surface area contributed by atoms with Crippen LogP contribution in [-0.2, 0) is 28.7 Å². The number of rotatable bonds is 7. The second-order valence-electron chi connectivity index (χ2n) is 6.45. The largest absolute Gasteiger partial charge is 0.357 e. The van der Waals surface area contributed by atoms with Gasteiger partial charge in [-0.15, -0.1) is 0 Å². The lowest BCUT2D eigenvalue weighted by Crippen LogP contribution is -2.37. The van der Waals surface area contributed by atoms with Crippen LogP contribution in [0.25, 0.3) is 0 Å². The van der Waals surface area contributed by atoms with Gasteiger partial charge in [-0.2, -0.15) is 5.26 Å². The summed E-state index contributed by atoms with van der Waals surface area (Å²) in [6, 6.07) is 9.98. The Morgan fingerprint density at radius 1 is 1.10 bits per heavy atom. The number of hydrogen-bond donors (Lipinski definition) is 2. The maximum Gasteiger partial charge on any atom is 0.191 e. The molecule has 0 amide bonds. The second kappa shape index (κ2) is 9.98. The third kappa shape index (κ3) is 7.16. The maximum atomic E-state index is 14.0. The van der Waals surface area contributed by atoms with Gasteiger partial charge < -0.3 is 10.6 Å². The molecule has 0 radical (unpaired) electrons. The standard InChI is InChI=1S/C20H22F2N4O2S/c1-3-24-20(25-11-15-5-4-14(10-23)8-19(15)22)26-12-17-9-18(21)7-6-16(17)13-29(2,27)28/h4-9H,3,11-13H2,1-2H3,(H2,24,25,26). The fourth-order valence-corrected chi connectivity index (χ4v) is 3.46. The summed E-state index contributed by atoms with van der Waals surface area (Å²) < 4.78 is 50.9. The lowest BCUT2D eigenvalue weighted by Gasteiger charge is -2.13. The summed E-state index contributed by atoms with van der Waals surface area (Å²) in [6.45, 7) is 2.58. The molecule has 2 N–H and O–H groups in total. The topological polar surface area (TPSA) is 94.3 Å². The van der Waals surface area contributed by atoms with Gasteiger partial charge in [0.2, 0.25) is 0 Å². The number of benzene rings is 2. The highest BCUT2D eigenvalue weighted by Crippen LogP contribution is 2.16. The molecule has 0 saturated carbocycles. The first kappa shape index (κ1) is 22.3. The van der Waals surface area contributed by atoms with E-state index in [1.807, 2.05) is 13.0 Å². The lowest BCUT2D eigenvalue weighted by molar-refractivity contribution is 0.600. The van der Waals surface area contributed by atoms with Crippen molar-refractivity contribution in [2.45, 2.75) is 25.8 Å². The summed E-state index contributed by atoms with van der Waals surface area (Å²) in [5.41, 5.74) is 1.53. The summed E-state index contributed by atoms with van der Waals surface area (Å²) >= 11 is 0. The van der Waals surface area contributed by atoms with Gasteiger partial charge in [-0.05, 0) is 42.3 Å². The van der Waals surface area contributed by atoms with E-state index in [1.54, 1.807) is 0 Å². The third-order valence-electron chi connectivity index (χ3n) is 3.97. The first-order valence-electron chi connectivity index (χ1n) is 8.87. The Kier molecular flexibility index (Phi) is 7.67. The fourth-order valence-electron chi connectivity index (χ4n) is 2.61. The molecule has 2 aromatic carbocycles. The van der Waals surface area contributed by atoms with Crippen molar-refractivity contribution in [3.8, 4) is 6.07 Å². The summed E-state index contributed by atoms with van der Waals surface area (Å²) in [5.74, 6) is -0.831. The molecule has 0 spiro atoms. The molecule has 0 aromatic heterocycles. The van der Waals surface area contributed by atoms with Crippen molar-refractivity contribution in [3.63, 3.8) is 0 Å². The van der Waals surface area contributed by atoms with Gasteiger partial charge >= 0.3 is 0 Å². The van der Waals surface area contributed by atoms with Crippen LogP contribution in [0.15, 0.2) is 41.4 Å². The Balaban J connectivity index is 2.17. The molecule has 0 atom stereocenters. The van der Waals surface area contributed by atoms with Gasteiger partial charge in [0, 0.05) is 24.9 Å². The minimum atomic E-state index is -3.28. The number of sulfone groups is 1. The van der Waals surface area contributed by atoms with Crippen molar-refractivity contribution in [1.29, 1.82) is 5.26 Å². The van der Waals surface area contributed by atoms with E-state index >= 15 is 0 Å². The molecule has 154 valence electrons. The molecule has 9 heteroatoms. The van der Waals surface area contributed by atoms with Crippen molar-refractivity contribution in [2.24, 2.45) is 4.99 Å². The molecule has 2 rings (SSSR count). The van der Waals surface area contributed by atoms with Crippen LogP contribution in [0, 0.1) is 23.0 Å². The fraction of sp³-hybridized carbons (Fsp3) is 0.300. The number of nitriles is 1. The van der Waals surface area contributed by atoms with E-state index in [1.165, 1.54) is 30.3 Å². The summed E-state index contributed by atoms with van der Waals surface area (Å²) in [4.78, 5) is 4.35. The van der Waals surface area contributed by atoms with E-state index in [2.05, 4.69) is 15.6 Å². The van der Waals surface area contributed by atoms with Gasteiger partial charge in [-0.1, -0.05) is 12.1 Å². The van der Waals surface area contributed by atoms with Gasteiger partial charge in [0.05, 0.1) is 23.9 Å². The molecule has 0 fully saturated rings. The molecule has 0 aliphatic heterocycles. The zero-order chi connectivity index (χ0) is 21.4. The Morgan fingerprint density at radius 3 is 2.45 bits per heavy atom. The molecule has 0 aliphatic carbocycles. The predicted molar refractivity (Wildman–Crippen MR) is 108 cm³/mol. The van der Waals surface area contributed by atoms with Crippen LogP contribution in [-0.4, -0.2) is 27.2 Å². The minimum absolute atomic E-state index is 0.0494. The van der Waals surface area contributed by atoms with Crippen molar-refractivity contribution < 1.29 is 17.2 Å². The van der Waals surface area contributed by atoms with Gasteiger partial charge in [0.25, 0.3) is 0 Å². The number of halogens is 2. The van der Waals surface area contributed by atoms with Crippen molar-refractivity contribution in [1.82, 2.24) is 10.6 Å². The molecule has 0 aliphatic rings. The summed E-state index contributed by atoms with van der Waals surface area (Å²) in [7, 11) is -3.28. The number of guanidine groups is 1. The molecule has 29 heavy (non-hydrogen) atoms. The molecule has 2 aromatic rings. The van der Waals surface area contributed by atoms with Gasteiger partial charge in [0.15, 0.2) is 15.8 Å². The molecule has 0 bridgehead atoms. The third-order valence-corrected chi connectivity index (χ3v) is 4.80. The average molecular weight is 420 g/mol. The van der Waals surface area contributed by atoms with Gasteiger partial charge in [-0.25, -0.2) is 22.2 Å². The Bertz CT molecular complexity index is 1050. The van der Waals surface area contributed by atoms with Crippen LogP contribution in [0.1, 0.15) is 29.2 Å². The maximum absolute atomic E-state index is 14.0. The van der Waals surface area contributed by atoms with E-state index in [0.717, 1.165) is 12.3 Å². The van der Waals surface area contributed by atoms with Crippen LogP contribution in [0.5, 0.6) is 0 Å². The Labute approximate surface area is 169 Å². The minimum Gasteiger partial charge on any atom is -0.357 e. The van der Waals surface area contributed by atoms with E-state index < -0.39 is 21.5 Å². The van der Waals surface area contributed by atoms with E-state index in [9.17, 15) is 17.2 Å². The van der Waals surface area contributed by atoms with Gasteiger partial charge in [0.1, 0.15) is 11.6 Å². The van der Waals surface area contributed by atoms with E-state index in [-0.39, 0.29) is 24.4 Å². The van der Waals surface area contributed by atoms with Gasteiger partial charge in [-0.3, -0.25) is 0 Å². The van der Waals surface area contributed by atoms with Crippen LogP contribution < -0.4 is 10.6 Å². The zero-order valence-electron chi connectivity index (χ0n) is 16.2. The lowest BCUT2D eigenvalue weighted by atomic mass is 10.1. The molecule has 6 nitrogen and oxygen atoms in total. The molecule has 0 unspecified atom stereocenters. The summed E-state index contributed by atoms with van der Waals surface area (Å²) in [5, 5.41) is 14.8. The number of nitrogens with zero attached hydrogens (tertiary/aromatic N) is 2. The molecule has 0 saturated heterocycles. The molecule has 0 heterocycles. The smallest absolute Gasteiger partial charge is 0.191 e. The average Bonchev–Trinajstić information content (AvgIpc) is 2.65. The monoisotopic (exact) mass is 420 g/mol. The highest BCUT2D eigenvalue weighted by molar-refractivity contribution is 7.89. The normalized spacial score (nSPS) is 11.8. The van der Waals surface area contributed by atoms with Crippen LogP contribution >= 0.6 is 0 Å². The molecular weight excluding hydrogens is 398 g/mol. The quantitative estimate of drug-likeness (QED) is 0.531. The van der Waals surface area contributed by atoms with E-state index in [0.29, 0.717) is 29.2 Å². The second-order valence-corrected chi connectivity index (χ2v) is 8.59. The number of aliphatic imine (C=N–C) groups is 1. The highest BCUT2D eigenvalue weighted by atomic mass is 32.2. The zero-order valence-corrected chi connectivity index (χ0v) is 17.0. The Hall–Kier alpha value is -2.99. The van der Waals surface area contributed by atoms with Crippen LogP contribution in [0.2, 0.25) is 0 Å². The first-order valence-corrected chi connectivity index (χ1v) is 10.9. The summed E-state index contributed by atoms with van der Waals surface area (Å²) in [6.07, 6.45) is 1.11. The van der Waals surface area contributed by atoms with Crippen molar-refractivity contribution in [3.05, 3.63) is 70.3 Å².